The average molecular weight is 128 g/mol. The van der Waals surface area contributed by atoms with Gasteiger partial charge in [0, 0.05) is 18.4 Å². The van der Waals surface area contributed by atoms with Crippen LogP contribution >= 0.6 is 0 Å². The summed E-state index contributed by atoms with van der Waals surface area (Å²) in [6.45, 7) is 5.07. The van der Waals surface area contributed by atoms with Crippen LogP contribution in [-0.4, -0.2) is 6.54 Å². The predicted octanol–water partition coefficient (Wildman–Crippen LogP) is 1.20. The Kier molecular flexibility index (Phi) is 5.07. The smallest absolute Gasteiger partial charge is 0.0208 e. The monoisotopic (exact) mass is 128 g/mol. The molecule has 0 rings (SSSR count). The van der Waals surface area contributed by atoms with Crippen molar-refractivity contribution < 1.29 is 0 Å². The van der Waals surface area contributed by atoms with E-state index in [4.69, 9.17) is 5.73 Å². The predicted molar refractivity (Wildman–Crippen MR) is 40.9 cm³/mol. The summed E-state index contributed by atoms with van der Waals surface area (Å²) in [4.78, 5) is 0. The van der Waals surface area contributed by atoms with Crippen molar-refractivity contribution in [1.82, 2.24) is 5.32 Å². The molecule has 0 aromatic heterocycles. The molecule has 0 aliphatic rings. The van der Waals surface area contributed by atoms with Crippen molar-refractivity contribution in [2.45, 2.75) is 26.7 Å². The second-order valence-corrected chi connectivity index (χ2v) is 2.20. The molecule has 0 heterocycles. The first-order valence-corrected chi connectivity index (χ1v) is 3.43. The molecule has 0 aromatic carbocycles. The molecular weight excluding hydrogens is 112 g/mol. The van der Waals surface area contributed by atoms with Gasteiger partial charge in [-0.05, 0) is 13.3 Å². The van der Waals surface area contributed by atoms with Crippen LogP contribution in [0.25, 0.3) is 0 Å². The Balaban J connectivity index is 3.00. The molecule has 0 saturated heterocycles. The lowest BCUT2D eigenvalue weighted by molar-refractivity contribution is 0.731. The molecular formula is C7H16N2. The number of rotatable bonds is 4. The maximum atomic E-state index is 5.37. The van der Waals surface area contributed by atoms with E-state index in [9.17, 15) is 0 Å². The van der Waals surface area contributed by atoms with Crippen LogP contribution in [0.15, 0.2) is 11.9 Å². The molecule has 0 aliphatic heterocycles. The van der Waals surface area contributed by atoms with E-state index in [1.807, 2.05) is 13.1 Å². The largest absolute Gasteiger partial charge is 0.401 e. The van der Waals surface area contributed by atoms with Gasteiger partial charge in [-0.15, -0.1) is 0 Å². The van der Waals surface area contributed by atoms with Crippen molar-refractivity contribution in [2.75, 3.05) is 6.54 Å². The first-order chi connectivity index (χ1) is 4.27. The van der Waals surface area contributed by atoms with Gasteiger partial charge < -0.3 is 11.1 Å². The lowest BCUT2D eigenvalue weighted by Gasteiger charge is -1.97. The third-order valence-electron chi connectivity index (χ3n) is 1.00. The molecule has 0 aromatic rings. The quantitative estimate of drug-likeness (QED) is 0.558. The standard InChI is InChI=1S/C7H16N2/c1-3-4-5-9-6-7(2)8/h6,9H,3-5,8H2,1-2H3/b7-6-. The molecule has 0 saturated carbocycles. The minimum Gasteiger partial charge on any atom is -0.401 e. The molecule has 0 radical (unpaired) electrons. The topological polar surface area (TPSA) is 38.0 Å². The van der Waals surface area contributed by atoms with Crippen molar-refractivity contribution in [3.8, 4) is 0 Å². The first kappa shape index (κ1) is 8.34. The lowest BCUT2D eigenvalue weighted by Crippen LogP contribution is -2.09. The highest BCUT2D eigenvalue weighted by molar-refractivity contribution is 4.88. The number of nitrogens with two attached hydrogens (primary N) is 1. The summed E-state index contributed by atoms with van der Waals surface area (Å²) in [5, 5.41) is 3.10. The van der Waals surface area contributed by atoms with Gasteiger partial charge in [0.1, 0.15) is 0 Å². The van der Waals surface area contributed by atoms with Crippen LogP contribution in [-0.2, 0) is 0 Å². The maximum absolute atomic E-state index is 5.37. The number of hydrogen-bond donors (Lipinski definition) is 2. The SMILES string of the molecule is CCCCN/C=C(/C)N. The van der Waals surface area contributed by atoms with Gasteiger partial charge in [-0.2, -0.15) is 0 Å². The number of hydrogen-bond acceptors (Lipinski definition) is 2. The fourth-order valence-corrected chi connectivity index (χ4v) is 0.512. The minimum absolute atomic E-state index is 0.839. The van der Waals surface area contributed by atoms with Crippen LogP contribution in [0, 0.1) is 0 Å². The van der Waals surface area contributed by atoms with Crippen molar-refractivity contribution in [3.63, 3.8) is 0 Å². The zero-order chi connectivity index (χ0) is 7.11. The van der Waals surface area contributed by atoms with Crippen LogP contribution in [0.3, 0.4) is 0 Å². The van der Waals surface area contributed by atoms with Gasteiger partial charge >= 0.3 is 0 Å². The molecule has 2 nitrogen and oxygen atoms in total. The Morgan fingerprint density at radius 1 is 1.67 bits per heavy atom. The number of unbranched alkanes of at least 4 members (excludes halogenated alkanes) is 1. The summed E-state index contributed by atoms with van der Waals surface area (Å²) < 4.78 is 0. The maximum Gasteiger partial charge on any atom is 0.0208 e. The second-order valence-electron chi connectivity index (χ2n) is 2.20. The highest BCUT2D eigenvalue weighted by Crippen LogP contribution is 1.82. The van der Waals surface area contributed by atoms with Crippen LogP contribution in [0.4, 0.5) is 0 Å². The molecule has 0 aliphatic carbocycles. The summed E-state index contributed by atoms with van der Waals surface area (Å²) in [5.41, 5.74) is 6.21. The van der Waals surface area contributed by atoms with E-state index < -0.39 is 0 Å². The Bertz CT molecular complexity index is 82.9. The third-order valence-corrected chi connectivity index (χ3v) is 1.00. The highest BCUT2D eigenvalue weighted by atomic mass is 14.8. The average Bonchev–Trinajstić information content (AvgIpc) is 1.80. The van der Waals surface area contributed by atoms with Crippen molar-refractivity contribution in [2.24, 2.45) is 5.73 Å². The third kappa shape index (κ3) is 7.34. The Hall–Kier alpha value is -0.660. The van der Waals surface area contributed by atoms with Gasteiger partial charge in [0.15, 0.2) is 0 Å². The summed E-state index contributed by atoms with van der Waals surface area (Å²) in [6, 6.07) is 0. The van der Waals surface area contributed by atoms with E-state index in [1.165, 1.54) is 12.8 Å². The van der Waals surface area contributed by atoms with Gasteiger partial charge in [-0.1, -0.05) is 13.3 Å². The van der Waals surface area contributed by atoms with E-state index in [0.29, 0.717) is 0 Å². The number of allylic oxidation sites excluding steroid dienone is 1. The van der Waals surface area contributed by atoms with Gasteiger partial charge in [-0.25, -0.2) is 0 Å². The van der Waals surface area contributed by atoms with Crippen LogP contribution in [0.5, 0.6) is 0 Å². The Morgan fingerprint density at radius 3 is 2.78 bits per heavy atom. The first-order valence-electron chi connectivity index (χ1n) is 3.43. The van der Waals surface area contributed by atoms with Crippen molar-refractivity contribution in [1.29, 1.82) is 0 Å². The van der Waals surface area contributed by atoms with E-state index in [2.05, 4.69) is 12.2 Å². The van der Waals surface area contributed by atoms with E-state index in [-0.39, 0.29) is 0 Å². The molecule has 9 heavy (non-hydrogen) atoms. The second kappa shape index (κ2) is 5.48. The molecule has 0 spiro atoms. The van der Waals surface area contributed by atoms with Crippen LogP contribution < -0.4 is 11.1 Å². The Morgan fingerprint density at radius 2 is 2.33 bits per heavy atom. The van der Waals surface area contributed by atoms with Crippen molar-refractivity contribution in [3.05, 3.63) is 11.9 Å². The molecule has 0 amide bonds. The zero-order valence-electron chi connectivity index (χ0n) is 6.28. The minimum atomic E-state index is 0.839. The van der Waals surface area contributed by atoms with E-state index in [0.717, 1.165) is 12.2 Å². The summed E-state index contributed by atoms with van der Waals surface area (Å²) >= 11 is 0. The van der Waals surface area contributed by atoms with E-state index in [1.54, 1.807) is 0 Å². The lowest BCUT2D eigenvalue weighted by atomic mass is 10.3. The number of nitrogens with one attached hydrogen (secondary N) is 1. The Labute approximate surface area is 57.1 Å². The van der Waals surface area contributed by atoms with E-state index >= 15 is 0 Å². The molecule has 2 heteroatoms. The highest BCUT2D eigenvalue weighted by Gasteiger charge is 1.78. The van der Waals surface area contributed by atoms with Crippen LogP contribution in [0.1, 0.15) is 26.7 Å². The zero-order valence-corrected chi connectivity index (χ0v) is 6.28. The molecule has 0 atom stereocenters. The normalized spacial score (nSPS) is 11.6. The molecule has 3 N–H and O–H groups in total. The fraction of sp³-hybridized carbons (Fsp3) is 0.714. The molecule has 0 unspecified atom stereocenters. The molecule has 0 bridgehead atoms. The summed E-state index contributed by atoms with van der Waals surface area (Å²) in [7, 11) is 0. The molecule has 0 fully saturated rings. The van der Waals surface area contributed by atoms with Gasteiger partial charge in [0.25, 0.3) is 0 Å². The van der Waals surface area contributed by atoms with Gasteiger partial charge in [0.2, 0.25) is 0 Å². The summed E-state index contributed by atoms with van der Waals surface area (Å²) in [6.07, 6.45) is 4.28. The van der Waals surface area contributed by atoms with Gasteiger partial charge in [0.05, 0.1) is 0 Å². The summed E-state index contributed by atoms with van der Waals surface area (Å²) in [5.74, 6) is 0. The van der Waals surface area contributed by atoms with Gasteiger partial charge in [-0.3, -0.25) is 0 Å². The fourth-order valence-electron chi connectivity index (χ4n) is 0.512. The van der Waals surface area contributed by atoms with Crippen LogP contribution in [0.2, 0.25) is 0 Å². The molecule has 54 valence electrons. The van der Waals surface area contributed by atoms with Crippen molar-refractivity contribution >= 4 is 0 Å².